The Labute approximate surface area is 168 Å². The second-order valence-electron chi connectivity index (χ2n) is 6.38. The molecule has 0 saturated heterocycles. The summed E-state index contributed by atoms with van der Waals surface area (Å²) >= 11 is 1.36. The zero-order valence-corrected chi connectivity index (χ0v) is 16.8. The smallest absolute Gasteiger partial charge is 0.230 e. The van der Waals surface area contributed by atoms with Crippen LogP contribution in [0.5, 0.6) is 0 Å². The Morgan fingerprint density at radius 2 is 1.64 bits per heavy atom. The summed E-state index contributed by atoms with van der Waals surface area (Å²) in [5, 5.41) is 2.40. The van der Waals surface area contributed by atoms with Crippen LogP contribution in [0, 0.1) is 0 Å². The molecule has 0 unspecified atom stereocenters. The van der Waals surface area contributed by atoms with E-state index in [0.717, 1.165) is 11.4 Å². The number of thiazole rings is 1. The monoisotopic (exact) mass is 391 g/mol. The summed E-state index contributed by atoms with van der Waals surface area (Å²) < 4.78 is 0. The number of carbonyl (C=O) groups is 2. The number of hydrogen-bond donors (Lipinski definition) is 0. The zero-order valence-electron chi connectivity index (χ0n) is 16.0. The Bertz CT molecular complexity index is 992. The Morgan fingerprint density at radius 1 is 0.964 bits per heavy atom. The number of aromatic nitrogens is 1. The Morgan fingerprint density at radius 3 is 2.25 bits per heavy atom. The average molecular weight is 391 g/mol. The molecule has 0 N–H and O–H groups in total. The van der Waals surface area contributed by atoms with Crippen molar-refractivity contribution in [2.75, 3.05) is 23.9 Å². The molecule has 0 fully saturated rings. The molecule has 0 saturated carbocycles. The number of nitrogens with zero attached hydrogens (tertiary/aromatic N) is 3. The van der Waals surface area contributed by atoms with Crippen LogP contribution in [0.25, 0.3) is 6.08 Å². The van der Waals surface area contributed by atoms with Crippen LogP contribution in [0.3, 0.4) is 0 Å². The van der Waals surface area contributed by atoms with Gasteiger partial charge >= 0.3 is 0 Å². The van der Waals surface area contributed by atoms with E-state index in [0.29, 0.717) is 16.4 Å². The molecule has 0 radical (unpaired) electrons. The lowest BCUT2D eigenvalue weighted by Gasteiger charge is -2.17. The second kappa shape index (κ2) is 8.63. The van der Waals surface area contributed by atoms with Crippen molar-refractivity contribution in [3.05, 3.63) is 77.3 Å². The van der Waals surface area contributed by atoms with Gasteiger partial charge in [0.25, 0.3) is 0 Å². The largest absolute Gasteiger partial charge is 0.378 e. The molecule has 1 amide bonds. The molecule has 1 aromatic heterocycles. The SMILES string of the molecule is CC(=O)N(c1ccccc1)c1nc(/C=C/C(=O)c2ccc(N(C)C)cc2)cs1. The molecule has 0 spiro atoms. The maximum Gasteiger partial charge on any atom is 0.230 e. The lowest BCUT2D eigenvalue weighted by Crippen LogP contribution is -2.22. The molecule has 5 nitrogen and oxygen atoms in total. The van der Waals surface area contributed by atoms with E-state index in [1.807, 2.05) is 66.8 Å². The predicted molar refractivity (Wildman–Crippen MR) is 116 cm³/mol. The van der Waals surface area contributed by atoms with Gasteiger partial charge in [-0.1, -0.05) is 18.2 Å². The third-order valence-corrected chi connectivity index (χ3v) is 4.95. The van der Waals surface area contributed by atoms with Crippen LogP contribution in [0.4, 0.5) is 16.5 Å². The third kappa shape index (κ3) is 4.53. The van der Waals surface area contributed by atoms with Gasteiger partial charge in [0.15, 0.2) is 10.9 Å². The highest BCUT2D eigenvalue weighted by atomic mass is 32.1. The minimum atomic E-state index is -0.117. The number of allylic oxidation sites excluding steroid dienone is 1. The molecule has 0 aliphatic carbocycles. The minimum absolute atomic E-state index is 0.0914. The van der Waals surface area contributed by atoms with Crippen molar-refractivity contribution in [3.63, 3.8) is 0 Å². The summed E-state index contributed by atoms with van der Waals surface area (Å²) in [6.45, 7) is 1.50. The van der Waals surface area contributed by atoms with E-state index in [4.69, 9.17) is 0 Å². The van der Waals surface area contributed by atoms with Gasteiger partial charge in [-0.25, -0.2) is 4.98 Å². The van der Waals surface area contributed by atoms with Crippen molar-refractivity contribution in [1.29, 1.82) is 0 Å². The number of carbonyl (C=O) groups excluding carboxylic acids is 2. The van der Waals surface area contributed by atoms with Crippen LogP contribution in [0.15, 0.2) is 66.1 Å². The van der Waals surface area contributed by atoms with Gasteiger partial charge in [0.2, 0.25) is 5.91 Å². The molecule has 28 heavy (non-hydrogen) atoms. The summed E-state index contributed by atoms with van der Waals surface area (Å²) in [4.78, 5) is 32.5. The van der Waals surface area contributed by atoms with E-state index < -0.39 is 0 Å². The highest BCUT2D eigenvalue weighted by molar-refractivity contribution is 7.14. The second-order valence-corrected chi connectivity index (χ2v) is 7.22. The van der Waals surface area contributed by atoms with E-state index in [1.165, 1.54) is 24.3 Å². The van der Waals surface area contributed by atoms with Crippen molar-refractivity contribution >= 4 is 45.6 Å². The van der Waals surface area contributed by atoms with E-state index in [9.17, 15) is 9.59 Å². The number of para-hydroxylation sites is 1. The zero-order chi connectivity index (χ0) is 20.1. The number of amides is 1. The first-order chi connectivity index (χ1) is 13.5. The van der Waals surface area contributed by atoms with Crippen molar-refractivity contribution < 1.29 is 9.59 Å². The number of benzene rings is 2. The summed E-state index contributed by atoms with van der Waals surface area (Å²) in [6, 6.07) is 16.8. The van der Waals surface area contributed by atoms with Crippen LogP contribution in [-0.4, -0.2) is 30.8 Å². The van der Waals surface area contributed by atoms with Crippen molar-refractivity contribution in [3.8, 4) is 0 Å². The van der Waals surface area contributed by atoms with E-state index in [-0.39, 0.29) is 11.7 Å². The van der Waals surface area contributed by atoms with Crippen molar-refractivity contribution in [2.24, 2.45) is 0 Å². The van der Waals surface area contributed by atoms with Crippen molar-refractivity contribution in [1.82, 2.24) is 4.98 Å². The van der Waals surface area contributed by atoms with Gasteiger partial charge < -0.3 is 4.90 Å². The summed E-state index contributed by atoms with van der Waals surface area (Å²) in [7, 11) is 3.91. The van der Waals surface area contributed by atoms with E-state index >= 15 is 0 Å². The lowest BCUT2D eigenvalue weighted by atomic mass is 10.1. The maximum atomic E-state index is 12.4. The van der Waals surface area contributed by atoms with Gasteiger partial charge in [-0.05, 0) is 48.6 Å². The minimum Gasteiger partial charge on any atom is -0.378 e. The molecule has 3 rings (SSSR count). The first-order valence-electron chi connectivity index (χ1n) is 8.77. The molecule has 0 atom stereocenters. The van der Waals surface area contributed by atoms with Gasteiger partial charge in [0.05, 0.1) is 11.4 Å². The average Bonchev–Trinajstić information content (AvgIpc) is 3.15. The Hall–Kier alpha value is -3.25. The molecule has 142 valence electrons. The highest BCUT2D eigenvalue weighted by Crippen LogP contribution is 2.29. The standard InChI is InChI=1S/C22H21N3O2S/c1-16(26)25(20-7-5-4-6-8-20)22-23-18(15-28-22)11-14-21(27)17-9-12-19(13-10-17)24(2)3/h4-15H,1-3H3/b14-11+. The number of hydrogen-bond acceptors (Lipinski definition) is 5. The summed E-state index contributed by atoms with van der Waals surface area (Å²) in [5.74, 6) is -0.209. The highest BCUT2D eigenvalue weighted by Gasteiger charge is 2.17. The maximum absolute atomic E-state index is 12.4. The number of rotatable bonds is 6. The molecule has 0 aliphatic rings. The van der Waals surface area contributed by atoms with Gasteiger partial charge in [0, 0.05) is 37.6 Å². The predicted octanol–water partition coefficient (Wildman–Crippen LogP) is 4.79. The van der Waals surface area contributed by atoms with Crippen LogP contribution < -0.4 is 9.80 Å². The van der Waals surface area contributed by atoms with Crippen LogP contribution in [0.2, 0.25) is 0 Å². The quantitative estimate of drug-likeness (QED) is 0.448. The summed E-state index contributed by atoms with van der Waals surface area (Å²) in [6.07, 6.45) is 3.18. The Kier molecular flexibility index (Phi) is 6.01. The normalized spacial score (nSPS) is 10.8. The fourth-order valence-electron chi connectivity index (χ4n) is 2.64. The summed E-state index contributed by atoms with van der Waals surface area (Å²) in [5.41, 5.74) is 3.05. The van der Waals surface area contributed by atoms with Gasteiger partial charge in [-0.15, -0.1) is 11.3 Å². The topological polar surface area (TPSA) is 53.5 Å². The van der Waals surface area contributed by atoms with Crippen LogP contribution >= 0.6 is 11.3 Å². The van der Waals surface area contributed by atoms with Gasteiger partial charge in [-0.3, -0.25) is 14.5 Å². The molecule has 2 aromatic carbocycles. The van der Waals surface area contributed by atoms with Crippen LogP contribution in [0.1, 0.15) is 23.0 Å². The fourth-order valence-corrected chi connectivity index (χ4v) is 3.50. The van der Waals surface area contributed by atoms with E-state index in [2.05, 4.69) is 4.98 Å². The van der Waals surface area contributed by atoms with E-state index in [1.54, 1.807) is 23.1 Å². The molecular formula is C22H21N3O2S. The van der Waals surface area contributed by atoms with Gasteiger partial charge in [0.1, 0.15) is 0 Å². The third-order valence-electron chi connectivity index (χ3n) is 4.10. The molecule has 1 heterocycles. The lowest BCUT2D eigenvalue weighted by molar-refractivity contribution is -0.115. The molecule has 0 aliphatic heterocycles. The molecular weight excluding hydrogens is 370 g/mol. The fraction of sp³-hybridized carbons (Fsp3) is 0.136. The van der Waals surface area contributed by atoms with Crippen LogP contribution in [-0.2, 0) is 4.79 Å². The van der Waals surface area contributed by atoms with Gasteiger partial charge in [-0.2, -0.15) is 0 Å². The molecule has 6 heteroatoms. The first-order valence-corrected chi connectivity index (χ1v) is 9.65. The first kappa shape index (κ1) is 19.5. The molecule has 0 bridgehead atoms. The Balaban J connectivity index is 1.76. The van der Waals surface area contributed by atoms with Crippen molar-refractivity contribution in [2.45, 2.75) is 6.92 Å². The molecule has 3 aromatic rings. The number of ketones is 1. The number of anilines is 3.